The fourth-order valence-electron chi connectivity index (χ4n) is 3.08. The molecule has 0 saturated carbocycles. The Balaban J connectivity index is 1.54. The van der Waals surface area contributed by atoms with Gasteiger partial charge in [0.15, 0.2) is 4.96 Å². The van der Waals surface area contributed by atoms with E-state index in [4.69, 9.17) is 0 Å². The predicted molar refractivity (Wildman–Crippen MR) is 112 cm³/mol. The van der Waals surface area contributed by atoms with E-state index in [9.17, 15) is 28.1 Å². The van der Waals surface area contributed by atoms with E-state index in [1.165, 1.54) is 28.7 Å². The van der Waals surface area contributed by atoms with E-state index in [2.05, 4.69) is 19.6 Å². The van der Waals surface area contributed by atoms with Gasteiger partial charge in [0.05, 0.1) is 25.4 Å². The summed E-state index contributed by atoms with van der Waals surface area (Å²) in [5, 5.41) is 17.2. The molecule has 166 valence electrons. The van der Waals surface area contributed by atoms with Gasteiger partial charge in [-0.2, -0.15) is 13.2 Å². The number of nitro groups is 1. The third-order valence-electron chi connectivity index (χ3n) is 4.47. The van der Waals surface area contributed by atoms with Gasteiger partial charge in [-0.05, 0) is 41.6 Å². The molecule has 3 aromatic heterocycles. The van der Waals surface area contributed by atoms with E-state index in [-0.39, 0.29) is 16.1 Å². The largest absolute Gasteiger partial charge is 0.470 e. The summed E-state index contributed by atoms with van der Waals surface area (Å²) in [6.45, 7) is 0. The Hall–Kier alpha value is -3.78. The maximum Gasteiger partial charge on any atom is 0.470 e. The summed E-state index contributed by atoms with van der Waals surface area (Å²) < 4.78 is 44.2. The number of nitrogens with zero attached hydrogens (tertiary/aromatic N) is 5. The van der Waals surface area contributed by atoms with Crippen molar-refractivity contribution in [3.63, 3.8) is 0 Å². The number of para-hydroxylation sites is 2. The van der Waals surface area contributed by atoms with Crippen molar-refractivity contribution in [2.24, 2.45) is 0 Å². The van der Waals surface area contributed by atoms with Crippen LogP contribution in [0.4, 0.5) is 18.9 Å². The van der Waals surface area contributed by atoms with Crippen LogP contribution in [0.2, 0.25) is 0 Å². The van der Waals surface area contributed by atoms with Crippen LogP contribution in [-0.4, -0.2) is 24.5 Å². The van der Waals surface area contributed by atoms with E-state index < -0.39 is 22.2 Å². The number of aromatic nitrogens is 4. The molecule has 0 bridgehead atoms. The van der Waals surface area contributed by atoms with Crippen molar-refractivity contribution in [1.29, 1.82) is 0 Å². The highest BCUT2D eigenvalue weighted by Crippen LogP contribution is 2.37. The first-order chi connectivity index (χ1) is 15.7. The second-order valence-electron chi connectivity index (χ2n) is 6.59. The van der Waals surface area contributed by atoms with E-state index in [0.717, 1.165) is 11.3 Å². The zero-order valence-corrected chi connectivity index (χ0v) is 17.6. The van der Waals surface area contributed by atoms with Crippen molar-refractivity contribution in [1.82, 2.24) is 19.6 Å². The lowest BCUT2D eigenvalue weighted by Gasteiger charge is -2.01. The summed E-state index contributed by atoms with van der Waals surface area (Å²) in [7, 11) is 0. The van der Waals surface area contributed by atoms with Crippen LogP contribution in [0, 0.1) is 10.1 Å². The fraction of sp³-hybridized carbons (Fsp3) is 0.0526. The van der Waals surface area contributed by atoms with Crippen LogP contribution in [0.5, 0.6) is 0 Å². The summed E-state index contributed by atoms with van der Waals surface area (Å²) >= 11 is 1.67. The molecule has 0 unspecified atom stereocenters. The molecular weight excluding hydrogens is 483 g/mol. The van der Waals surface area contributed by atoms with Crippen LogP contribution < -0.4 is 10.1 Å². The molecule has 0 N–H and O–H groups in total. The van der Waals surface area contributed by atoms with Crippen molar-refractivity contribution >= 4 is 50.9 Å². The molecule has 0 aliphatic heterocycles. The van der Waals surface area contributed by atoms with Crippen molar-refractivity contribution in [3.05, 3.63) is 78.9 Å². The molecule has 14 heteroatoms. The summed E-state index contributed by atoms with van der Waals surface area (Å²) in [4.78, 5) is 28.6. The second-order valence-corrected chi connectivity index (χ2v) is 8.59. The Kier molecular flexibility index (Phi) is 4.90. The monoisotopic (exact) mass is 491 g/mol. The van der Waals surface area contributed by atoms with Crippen LogP contribution in [0.15, 0.2) is 61.8 Å². The first-order valence-corrected chi connectivity index (χ1v) is 10.6. The maximum atomic E-state index is 12.9. The number of halogens is 3. The Bertz CT molecular complexity index is 1660. The molecule has 0 amide bonds. The first-order valence-electron chi connectivity index (χ1n) is 8.99. The highest BCUT2D eigenvalue weighted by molar-refractivity contribution is 7.99. The predicted octanol–water partition coefficient (Wildman–Crippen LogP) is 3.92. The van der Waals surface area contributed by atoms with E-state index in [0.29, 0.717) is 37.9 Å². The molecule has 0 spiro atoms. The minimum atomic E-state index is -4.82. The summed E-state index contributed by atoms with van der Waals surface area (Å²) in [6, 6.07) is 11.2. The highest BCUT2D eigenvalue weighted by atomic mass is 32.2. The Morgan fingerprint density at radius 1 is 1.18 bits per heavy atom. The molecule has 2 aromatic carbocycles. The van der Waals surface area contributed by atoms with Gasteiger partial charge in [0.25, 0.3) is 16.5 Å². The average Bonchev–Trinajstić information content (AvgIpc) is 3.44. The highest BCUT2D eigenvalue weighted by Gasteiger charge is 2.38. The molecule has 5 rings (SSSR count). The van der Waals surface area contributed by atoms with E-state index >= 15 is 0 Å². The van der Waals surface area contributed by atoms with Gasteiger partial charge >= 0.3 is 12.1 Å². The van der Waals surface area contributed by atoms with Gasteiger partial charge in [-0.15, -0.1) is 10.2 Å². The quantitative estimate of drug-likeness (QED) is 0.274. The van der Waals surface area contributed by atoms with Crippen molar-refractivity contribution < 1.29 is 22.5 Å². The van der Waals surface area contributed by atoms with Gasteiger partial charge in [0.1, 0.15) is 0 Å². The van der Waals surface area contributed by atoms with E-state index in [1.807, 2.05) is 6.07 Å². The Morgan fingerprint density at radius 2 is 1.97 bits per heavy atom. The summed E-state index contributed by atoms with van der Waals surface area (Å²) in [6.07, 6.45) is -3.33. The third kappa shape index (κ3) is 3.82. The Labute approximate surface area is 188 Å². The summed E-state index contributed by atoms with van der Waals surface area (Å²) in [5.41, 5.74) is 0.997. The number of alkyl halides is 3. The molecule has 3 heterocycles. The molecule has 0 aliphatic rings. The molecular formula is C19H8F3N5O4S2. The SMILES string of the molecule is O=c1/c(=C\c2ccc(Sc3nnc(C(F)(F)F)o3)c([N+](=O)[O-])c2)sc2nc3ccccc3n12. The van der Waals surface area contributed by atoms with Crippen LogP contribution in [0.25, 0.3) is 22.1 Å². The van der Waals surface area contributed by atoms with Crippen LogP contribution in [0.3, 0.4) is 0 Å². The third-order valence-corrected chi connectivity index (χ3v) is 6.34. The first kappa shape index (κ1) is 21.1. The second kappa shape index (κ2) is 7.67. The molecule has 0 radical (unpaired) electrons. The molecule has 0 aliphatic carbocycles. The van der Waals surface area contributed by atoms with Gasteiger partial charge in [0, 0.05) is 6.07 Å². The topological polar surface area (TPSA) is 116 Å². The molecule has 9 nitrogen and oxygen atoms in total. The Morgan fingerprint density at radius 3 is 2.70 bits per heavy atom. The summed E-state index contributed by atoms with van der Waals surface area (Å²) in [5.74, 6) is -1.55. The molecule has 5 aromatic rings. The fourth-order valence-corrected chi connectivity index (χ4v) is 4.83. The van der Waals surface area contributed by atoms with Gasteiger partial charge in [-0.3, -0.25) is 14.9 Å². The number of nitro benzene ring substituents is 1. The smallest absolute Gasteiger partial charge is 0.407 e. The minimum absolute atomic E-state index is 0.00356. The lowest BCUT2D eigenvalue weighted by atomic mass is 10.2. The number of hydrogen-bond acceptors (Lipinski definition) is 9. The van der Waals surface area contributed by atoms with Crippen LogP contribution in [0.1, 0.15) is 11.5 Å². The van der Waals surface area contributed by atoms with Crippen LogP contribution in [-0.2, 0) is 6.18 Å². The lowest BCUT2D eigenvalue weighted by molar-refractivity contribution is -0.387. The van der Waals surface area contributed by atoms with Gasteiger partial charge < -0.3 is 4.42 Å². The zero-order valence-electron chi connectivity index (χ0n) is 15.9. The average molecular weight is 491 g/mol. The van der Waals surface area contributed by atoms with Gasteiger partial charge in [-0.25, -0.2) is 9.38 Å². The molecule has 33 heavy (non-hydrogen) atoms. The van der Waals surface area contributed by atoms with Crippen LogP contribution >= 0.6 is 23.1 Å². The number of benzene rings is 2. The number of imidazole rings is 1. The van der Waals surface area contributed by atoms with Crippen molar-refractivity contribution in [3.8, 4) is 0 Å². The maximum absolute atomic E-state index is 12.9. The number of thiazole rings is 1. The van der Waals surface area contributed by atoms with Crippen molar-refractivity contribution in [2.75, 3.05) is 0 Å². The lowest BCUT2D eigenvalue weighted by Crippen LogP contribution is -2.22. The zero-order chi connectivity index (χ0) is 23.3. The molecule has 0 saturated heterocycles. The number of rotatable bonds is 4. The van der Waals surface area contributed by atoms with Gasteiger partial charge in [0.2, 0.25) is 0 Å². The van der Waals surface area contributed by atoms with Crippen molar-refractivity contribution in [2.45, 2.75) is 16.3 Å². The minimum Gasteiger partial charge on any atom is -0.407 e. The number of hydrogen-bond donors (Lipinski definition) is 0. The molecule has 0 fully saturated rings. The van der Waals surface area contributed by atoms with E-state index in [1.54, 1.807) is 18.2 Å². The molecule has 0 atom stereocenters. The number of fused-ring (bicyclic) bond motifs is 3. The standard InChI is InChI=1S/C19H8F3N5O4S2/c20-19(21,22)16-24-25-18(31-16)33-13-6-5-9(7-12(13)27(29)30)8-14-15(28)26-11-4-2-1-3-10(11)23-17(26)32-14/h1-8H/b14-8+. The normalized spacial score (nSPS) is 12.8. The van der Waals surface area contributed by atoms with Gasteiger partial charge in [-0.1, -0.05) is 29.5 Å².